The van der Waals surface area contributed by atoms with E-state index in [4.69, 9.17) is 4.74 Å². The van der Waals surface area contributed by atoms with Crippen molar-refractivity contribution in [2.45, 2.75) is 33.1 Å². The minimum atomic E-state index is -0.606. The number of piperidine rings is 1. The van der Waals surface area contributed by atoms with Gasteiger partial charge in [0.05, 0.1) is 38.9 Å². The first kappa shape index (κ1) is 19.4. The molecule has 2 aromatic rings. The van der Waals surface area contributed by atoms with Crippen LogP contribution in [0.25, 0.3) is 10.9 Å². The summed E-state index contributed by atoms with van der Waals surface area (Å²) in [5, 5.41) is 3.24. The lowest BCUT2D eigenvalue weighted by atomic mass is 9.84. The number of hydrogen-bond acceptors (Lipinski definition) is 3. The summed E-state index contributed by atoms with van der Waals surface area (Å²) in [7, 11) is 1.27. The van der Waals surface area contributed by atoms with Crippen LogP contribution in [0.5, 0.6) is 0 Å². The van der Waals surface area contributed by atoms with Gasteiger partial charge < -0.3 is 19.9 Å². The van der Waals surface area contributed by atoms with E-state index in [1.54, 1.807) is 0 Å². The minimum Gasteiger partial charge on any atom is -0.464 e. The van der Waals surface area contributed by atoms with Gasteiger partial charge in [0.1, 0.15) is 11.5 Å². The Bertz CT molecular complexity index is 860. The number of nitrogens with one attached hydrogen (secondary N) is 3. The molecule has 6 nitrogen and oxygen atoms in total. The summed E-state index contributed by atoms with van der Waals surface area (Å²) in [6.45, 7) is 7.37. The molecular weight excluding hydrogens is 349 g/mol. The van der Waals surface area contributed by atoms with Gasteiger partial charge in [0.2, 0.25) is 5.91 Å². The molecule has 0 radical (unpaired) electrons. The first-order valence-electron chi connectivity index (χ1n) is 9.32. The number of anilines is 1. The fraction of sp³-hybridized carbons (Fsp3) is 0.500. The summed E-state index contributed by atoms with van der Waals surface area (Å²) in [6.07, 6.45) is 2.72. The van der Waals surface area contributed by atoms with Crippen LogP contribution in [0, 0.1) is 11.2 Å². The summed E-state index contributed by atoms with van der Waals surface area (Å²) < 4.78 is 18.4. The Morgan fingerprint density at radius 3 is 2.85 bits per heavy atom. The predicted octanol–water partition coefficient (Wildman–Crippen LogP) is 2.13. The molecule has 3 N–H and O–H groups in total. The Morgan fingerprint density at radius 1 is 1.37 bits per heavy atom. The number of fused-ring (bicyclic) bond motifs is 1. The second kappa shape index (κ2) is 7.68. The average Bonchev–Trinajstić information content (AvgIpc) is 2.96. The molecule has 0 bridgehead atoms. The highest BCUT2D eigenvalue weighted by Crippen LogP contribution is 2.29. The number of halogens is 1. The maximum absolute atomic E-state index is 13.7. The van der Waals surface area contributed by atoms with Gasteiger partial charge in [-0.15, -0.1) is 0 Å². The summed E-state index contributed by atoms with van der Waals surface area (Å²) >= 11 is 0. The summed E-state index contributed by atoms with van der Waals surface area (Å²) in [6, 6.07) is 4.13. The first-order valence-corrected chi connectivity index (χ1v) is 9.32. The number of aromatic amines is 1. The lowest BCUT2D eigenvalue weighted by Crippen LogP contribution is -3.14. The van der Waals surface area contributed by atoms with Crippen molar-refractivity contribution < 1.29 is 23.6 Å². The van der Waals surface area contributed by atoms with E-state index in [2.05, 4.69) is 24.1 Å². The normalized spacial score (nSPS) is 19.0. The lowest BCUT2D eigenvalue weighted by molar-refractivity contribution is -0.911. The van der Waals surface area contributed by atoms with E-state index in [9.17, 15) is 14.0 Å². The van der Waals surface area contributed by atoms with Gasteiger partial charge in [-0.2, -0.15) is 0 Å². The van der Waals surface area contributed by atoms with Gasteiger partial charge in [-0.05, 0) is 31.0 Å². The van der Waals surface area contributed by atoms with Crippen LogP contribution in [0.1, 0.15) is 43.6 Å². The molecule has 1 aromatic carbocycles. The van der Waals surface area contributed by atoms with Crippen molar-refractivity contribution in [2.75, 3.05) is 32.1 Å². The third-order valence-corrected chi connectivity index (χ3v) is 5.23. The number of ether oxygens (including phenoxy) is 1. The number of H-pyrrole nitrogens is 1. The third kappa shape index (κ3) is 4.47. The van der Waals surface area contributed by atoms with Crippen molar-refractivity contribution in [1.82, 2.24) is 4.98 Å². The monoisotopic (exact) mass is 376 g/mol. The van der Waals surface area contributed by atoms with Crippen LogP contribution in [0.15, 0.2) is 18.2 Å². The Hall–Kier alpha value is -2.41. The smallest absolute Gasteiger partial charge is 0.356 e. The first-order chi connectivity index (χ1) is 12.8. The fourth-order valence-corrected chi connectivity index (χ4v) is 3.93. The van der Waals surface area contributed by atoms with Crippen LogP contribution in [0.4, 0.5) is 10.1 Å². The zero-order valence-corrected chi connectivity index (χ0v) is 16.1. The van der Waals surface area contributed by atoms with Crippen LogP contribution in [0.2, 0.25) is 0 Å². The number of likely N-dealkylation sites (tertiary alicyclic amines) is 1. The molecule has 1 fully saturated rings. The van der Waals surface area contributed by atoms with E-state index in [0.29, 0.717) is 22.7 Å². The molecule has 1 atom stereocenters. The van der Waals surface area contributed by atoms with E-state index in [0.717, 1.165) is 26.1 Å². The number of aromatic nitrogens is 1. The highest BCUT2D eigenvalue weighted by Gasteiger charge is 2.29. The minimum absolute atomic E-state index is 0.123. The Labute approximate surface area is 158 Å². The molecule has 1 aliphatic rings. The van der Waals surface area contributed by atoms with Crippen molar-refractivity contribution in [3.8, 4) is 0 Å². The van der Waals surface area contributed by atoms with Gasteiger partial charge in [-0.25, -0.2) is 9.18 Å². The SMILES string of the molecule is COC(=O)c1[nH]c2ccc(F)cc2c1NC(=O)CC[NH+]1CCCC(C)(C)C1. The van der Waals surface area contributed by atoms with Gasteiger partial charge in [0, 0.05) is 16.3 Å². The number of carbonyl (C=O) groups excluding carboxylic acids is 2. The molecule has 1 unspecified atom stereocenters. The van der Waals surface area contributed by atoms with Crippen molar-refractivity contribution in [2.24, 2.45) is 5.41 Å². The molecular formula is C20H27FN3O3+. The van der Waals surface area contributed by atoms with E-state index in [-0.39, 0.29) is 17.3 Å². The number of rotatable bonds is 5. The third-order valence-electron chi connectivity index (χ3n) is 5.23. The van der Waals surface area contributed by atoms with Crippen molar-refractivity contribution >= 4 is 28.5 Å². The molecule has 27 heavy (non-hydrogen) atoms. The zero-order valence-electron chi connectivity index (χ0n) is 16.1. The molecule has 146 valence electrons. The molecule has 1 aliphatic heterocycles. The fourth-order valence-electron chi connectivity index (χ4n) is 3.93. The number of amides is 1. The highest BCUT2D eigenvalue weighted by atomic mass is 19.1. The van der Waals surface area contributed by atoms with Gasteiger partial charge in [-0.1, -0.05) is 13.8 Å². The van der Waals surface area contributed by atoms with Crippen molar-refractivity contribution in [1.29, 1.82) is 0 Å². The maximum Gasteiger partial charge on any atom is 0.356 e. The Morgan fingerprint density at radius 2 is 2.15 bits per heavy atom. The summed E-state index contributed by atoms with van der Waals surface area (Å²) in [5.74, 6) is -1.24. The van der Waals surface area contributed by atoms with Crippen molar-refractivity contribution in [3.05, 3.63) is 29.7 Å². The zero-order chi connectivity index (χ0) is 19.6. The maximum atomic E-state index is 13.7. The number of quaternary nitrogens is 1. The van der Waals surface area contributed by atoms with Gasteiger partial charge in [0.25, 0.3) is 0 Å². The highest BCUT2D eigenvalue weighted by molar-refractivity contribution is 6.10. The molecule has 2 heterocycles. The van der Waals surface area contributed by atoms with E-state index >= 15 is 0 Å². The van der Waals surface area contributed by atoms with E-state index < -0.39 is 11.8 Å². The number of methoxy groups -OCH3 is 1. The molecule has 7 heteroatoms. The molecule has 0 saturated carbocycles. The van der Waals surface area contributed by atoms with Crippen molar-refractivity contribution in [3.63, 3.8) is 0 Å². The second-order valence-electron chi connectivity index (χ2n) is 8.05. The Kier molecular flexibility index (Phi) is 5.51. The molecule has 3 rings (SSSR count). The summed E-state index contributed by atoms with van der Waals surface area (Å²) in [5.41, 5.74) is 1.26. The second-order valence-corrected chi connectivity index (χ2v) is 8.05. The van der Waals surface area contributed by atoms with Gasteiger partial charge in [0.15, 0.2) is 0 Å². The predicted molar refractivity (Wildman–Crippen MR) is 101 cm³/mol. The number of esters is 1. The molecule has 0 spiro atoms. The number of benzene rings is 1. The van der Waals surface area contributed by atoms with Gasteiger partial charge in [-0.3, -0.25) is 4.79 Å². The largest absolute Gasteiger partial charge is 0.464 e. The summed E-state index contributed by atoms with van der Waals surface area (Å²) in [4.78, 5) is 28.9. The lowest BCUT2D eigenvalue weighted by Gasteiger charge is -2.35. The number of hydrogen-bond donors (Lipinski definition) is 3. The average molecular weight is 376 g/mol. The quantitative estimate of drug-likeness (QED) is 0.700. The molecule has 1 saturated heterocycles. The van der Waals surface area contributed by atoms with E-state index in [1.165, 1.54) is 36.6 Å². The molecule has 1 aromatic heterocycles. The van der Waals surface area contributed by atoms with Crippen LogP contribution in [0.3, 0.4) is 0 Å². The molecule has 0 aliphatic carbocycles. The van der Waals surface area contributed by atoms with Crippen LogP contribution >= 0.6 is 0 Å². The number of carbonyl (C=O) groups is 2. The van der Waals surface area contributed by atoms with Crippen LogP contribution < -0.4 is 10.2 Å². The topological polar surface area (TPSA) is 75.6 Å². The molecule has 1 amide bonds. The van der Waals surface area contributed by atoms with Crippen LogP contribution in [-0.2, 0) is 9.53 Å². The van der Waals surface area contributed by atoms with Gasteiger partial charge >= 0.3 is 5.97 Å². The Balaban J connectivity index is 1.74. The standard InChI is InChI=1S/C20H26FN3O3/c1-20(2)8-4-9-24(12-20)10-7-16(25)23-17-14-11-13(21)5-6-15(14)22-18(17)19(26)27-3/h5-6,11,22H,4,7-10,12H2,1-3H3,(H,23,25)/p+1. The van der Waals surface area contributed by atoms with Crippen LogP contribution in [-0.4, -0.2) is 43.6 Å². The van der Waals surface area contributed by atoms with E-state index in [1.807, 2.05) is 0 Å².